The van der Waals surface area contributed by atoms with Gasteiger partial charge in [0.25, 0.3) is 0 Å². The molecule has 1 fully saturated rings. The summed E-state index contributed by atoms with van der Waals surface area (Å²) in [6, 6.07) is 0. The first-order chi connectivity index (χ1) is 5.59. The fourth-order valence-corrected chi connectivity index (χ4v) is 1.24. The zero-order chi connectivity index (χ0) is 9.14. The van der Waals surface area contributed by atoms with E-state index >= 15 is 0 Å². The average Bonchev–Trinajstić information content (AvgIpc) is 2.34. The SMILES string of the molecule is CC(=O)/C=C(\C)[C@@H]1COC(=O)C1. The summed E-state index contributed by atoms with van der Waals surface area (Å²) >= 11 is 0. The Morgan fingerprint density at radius 3 is 2.67 bits per heavy atom. The molecule has 1 aliphatic heterocycles. The van der Waals surface area contributed by atoms with Gasteiger partial charge in [0.05, 0.1) is 13.0 Å². The number of ether oxygens (including phenoxy) is 1. The number of allylic oxidation sites excluding steroid dienone is 1. The van der Waals surface area contributed by atoms with Gasteiger partial charge in [0, 0.05) is 5.92 Å². The van der Waals surface area contributed by atoms with Crippen LogP contribution in [-0.2, 0) is 14.3 Å². The zero-order valence-electron chi connectivity index (χ0n) is 7.29. The minimum Gasteiger partial charge on any atom is -0.465 e. The van der Waals surface area contributed by atoms with Crippen molar-refractivity contribution in [3.05, 3.63) is 11.6 Å². The van der Waals surface area contributed by atoms with Crippen molar-refractivity contribution >= 4 is 11.8 Å². The van der Waals surface area contributed by atoms with E-state index in [1.165, 1.54) is 6.92 Å². The number of esters is 1. The maximum absolute atomic E-state index is 10.7. The van der Waals surface area contributed by atoms with Crippen LogP contribution in [0.1, 0.15) is 20.3 Å². The number of hydrogen-bond acceptors (Lipinski definition) is 3. The third-order valence-corrected chi connectivity index (χ3v) is 1.93. The Kier molecular flexibility index (Phi) is 2.63. The highest BCUT2D eigenvalue weighted by molar-refractivity contribution is 5.88. The first kappa shape index (κ1) is 8.97. The van der Waals surface area contributed by atoms with Crippen LogP contribution in [0.3, 0.4) is 0 Å². The molecule has 0 aromatic carbocycles. The molecule has 0 spiro atoms. The fraction of sp³-hybridized carbons (Fsp3) is 0.556. The molecule has 0 bridgehead atoms. The topological polar surface area (TPSA) is 43.4 Å². The third kappa shape index (κ3) is 2.19. The van der Waals surface area contributed by atoms with Gasteiger partial charge < -0.3 is 4.74 Å². The molecule has 0 amide bonds. The number of ketones is 1. The summed E-state index contributed by atoms with van der Waals surface area (Å²) in [4.78, 5) is 21.4. The molecule has 3 heteroatoms. The van der Waals surface area contributed by atoms with E-state index in [0.29, 0.717) is 13.0 Å². The number of rotatable bonds is 2. The van der Waals surface area contributed by atoms with Crippen LogP contribution in [0.2, 0.25) is 0 Å². The van der Waals surface area contributed by atoms with Crippen LogP contribution in [0.4, 0.5) is 0 Å². The quantitative estimate of drug-likeness (QED) is 0.458. The Labute approximate surface area is 71.4 Å². The average molecular weight is 168 g/mol. The summed E-state index contributed by atoms with van der Waals surface area (Å²) < 4.78 is 4.78. The molecule has 66 valence electrons. The van der Waals surface area contributed by atoms with Crippen molar-refractivity contribution in [2.45, 2.75) is 20.3 Å². The lowest BCUT2D eigenvalue weighted by atomic mass is 9.99. The number of carbonyl (C=O) groups is 2. The van der Waals surface area contributed by atoms with Crippen molar-refractivity contribution < 1.29 is 14.3 Å². The number of cyclic esters (lactones) is 1. The van der Waals surface area contributed by atoms with Crippen LogP contribution in [0.15, 0.2) is 11.6 Å². The molecule has 1 atom stereocenters. The maximum Gasteiger partial charge on any atom is 0.306 e. The van der Waals surface area contributed by atoms with Crippen LogP contribution in [0.5, 0.6) is 0 Å². The lowest BCUT2D eigenvalue weighted by Gasteiger charge is -2.04. The predicted octanol–water partition coefficient (Wildman–Crippen LogP) is 1.08. The standard InChI is InChI=1S/C9H12O3/c1-6(3-7(2)10)8-4-9(11)12-5-8/h3,8H,4-5H2,1-2H3/b6-3+/t8-/m0/s1. The van der Waals surface area contributed by atoms with Gasteiger partial charge in [-0.05, 0) is 19.9 Å². The summed E-state index contributed by atoms with van der Waals surface area (Å²) in [6.45, 7) is 3.78. The second kappa shape index (κ2) is 3.52. The molecular weight excluding hydrogens is 156 g/mol. The van der Waals surface area contributed by atoms with Gasteiger partial charge in [0.15, 0.2) is 5.78 Å². The normalized spacial score (nSPS) is 24.0. The summed E-state index contributed by atoms with van der Waals surface area (Å²) in [5, 5.41) is 0. The Hall–Kier alpha value is -1.12. The molecule has 12 heavy (non-hydrogen) atoms. The third-order valence-electron chi connectivity index (χ3n) is 1.93. The van der Waals surface area contributed by atoms with Gasteiger partial charge in [-0.3, -0.25) is 9.59 Å². The Balaban J connectivity index is 2.59. The summed E-state index contributed by atoms with van der Waals surface area (Å²) in [5.74, 6) is -0.0375. The van der Waals surface area contributed by atoms with Gasteiger partial charge >= 0.3 is 5.97 Å². The molecule has 0 aliphatic carbocycles. The maximum atomic E-state index is 10.7. The Morgan fingerprint density at radius 1 is 1.58 bits per heavy atom. The van der Waals surface area contributed by atoms with Gasteiger partial charge in [0.2, 0.25) is 0 Å². The molecule has 0 saturated carbocycles. The molecule has 0 N–H and O–H groups in total. The van der Waals surface area contributed by atoms with Crippen LogP contribution < -0.4 is 0 Å². The second-order valence-electron chi connectivity index (χ2n) is 3.08. The van der Waals surface area contributed by atoms with Crippen LogP contribution in [0.25, 0.3) is 0 Å². The number of carbonyl (C=O) groups excluding carboxylic acids is 2. The second-order valence-corrected chi connectivity index (χ2v) is 3.08. The smallest absolute Gasteiger partial charge is 0.306 e. The summed E-state index contributed by atoms with van der Waals surface area (Å²) in [6.07, 6.45) is 1.97. The molecule has 0 radical (unpaired) electrons. The molecule has 0 aromatic heterocycles. The Morgan fingerprint density at radius 2 is 2.25 bits per heavy atom. The van der Waals surface area contributed by atoms with Gasteiger partial charge in [-0.25, -0.2) is 0 Å². The van der Waals surface area contributed by atoms with Crippen molar-refractivity contribution in [1.82, 2.24) is 0 Å². The molecule has 1 saturated heterocycles. The lowest BCUT2D eigenvalue weighted by Crippen LogP contribution is -2.02. The molecule has 1 aliphatic rings. The van der Waals surface area contributed by atoms with Crippen molar-refractivity contribution in [3.63, 3.8) is 0 Å². The van der Waals surface area contributed by atoms with Gasteiger partial charge in [-0.1, -0.05) is 5.57 Å². The van der Waals surface area contributed by atoms with E-state index in [1.807, 2.05) is 6.92 Å². The minimum atomic E-state index is -0.170. The van der Waals surface area contributed by atoms with Crippen molar-refractivity contribution in [1.29, 1.82) is 0 Å². The predicted molar refractivity (Wildman–Crippen MR) is 43.5 cm³/mol. The summed E-state index contributed by atoms with van der Waals surface area (Å²) in [5.41, 5.74) is 0.938. The molecular formula is C9H12O3. The minimum absolute atomic E-state index is 0.0202. The van der Waals surface area contributed by atoms with E-state index in [-0.39, 0.29) is 17.7 Å². The van der Waals surface area contributed by atoms with Crippen LogP contribution in [-0.4, -0.2) is 18.4 Å². The molecule has 1 heterocycles. The highest BCUT2D eigenvalue weighted by Crippen LogP contribution is 2.21. The van der Waals surface area contributed by atoms with Crippen molar-refractivity contribution in [2.75, 3.05) is 6.61 Å². The van der Waals surface area contributed by atoms with E-state index in [0.717, 1.165) is 5.57 Å². The molecule has 1 rings (SSSR count). The first-order valence-electron chi connectivity index (χ1n) is 3.94. The first-order valence-corrected chi connectivity index (χ1v) is 3.94. The molecule has 3 nitrogen and oxygen atoms in total. The van der Waals surface area contributed by atoms with Gasteiger partial charge in [-0.15, -0.1) is 0 Å². The highest BCUT2D eigenvalue weighted by Gasteiger charge is 2.24. The van der Waals surface area contributed by atoms with Crippen LogP contribution in [0, 0.1) is 5.92 Å². The van der Waals surface area contributed by atoms with Crippen molar-refractivity contribution in [2.24, 2.45) is 5.92 Å². The van der Waals surface area contributed by atoms with Crippen LogP contribution >= 0.6 is 0 Å². The van der Waals surface area contributed by atoms with Crippen molar-refractivity contribution in [3.8, 4) is 0 Å². The monoisotopic (exact) mass is 168 g/mol. The van der Waals surface area contributed by atoms with E-state index in [2.05, 4.69) is 0 Å². The molecule has 0 aromatic rings. The van der Waals surface area contributed by atoms with E-state index in [4.69, 9.17) is 4.74 Å². The molecule has 0 unspecified atom stereocenters. The summed E-state index contributed by atoms with van der Waals surface area (Å²) in [7, 11) is 0. The fourth-order valence-electron chi connectivity index (χ4n) is 1.24. The van der Waals surface area contributed by atoms with Gasteiger partial charge in [-0.2, -0.15) is 0 Å². The van der Waals surface area contributed by atoms with Gasteiger partial charge in [0.1, 0.15) is 0 Å². The largest absolute Gasteiger partial charge is 0.465 e. The van der Waals surface area contributed by atoms with E-state index < -0.39 is 0 Å². The highest BCUT2D eigenvalue weighted by atomic mass is 16.5. The number of hydrogen-bond donors (Lipinski definition) is 0. The Bertz CT molecular complexity index is 240. The van der Waals surface area contributed by atoms with E-state index in [9.17, 15) is 9.59 Å². The lowest BCUT2D eigenvalue weighted by molar-refractivity contribution is -0.137. The van der Waals surface area contributed by atoms with E-state index in [1.54, 1.807) is 6.08 Å². The zero-order valence-corrected chi connectivity index (χ0v) is 7.29.